The molecule has 2 aromatic rings. The highest BCUT2D eigenvalue weighted by Gasteiger charge is 2.25. The van der Waals surface area contributed by atoms with Gasteiger partial charge in [0.15, 0.2) is 0 Å². The summed E-state index contributed by atoms with van der Waals surface area (Å²) in [5.74, 6) is 0.850. The second-order valence-electron chi connectivity index (χ2n) is 8.85. The smallest absolute Gasteiger partial charge is 0.407 e. The van der Waals surface area contributed by atoms with Crippen molar-refractivity contribution in [2.45, 2.75) is 45.3 Å². The number of ether oxygens (including phenoxy) is 2. The van der Waals surface area contributed by atoms with Crippen LogP contribution in [0.3, 0.4) is 0 Å². The summed E-state index contributed by atoms with van der Waals surface area (Å²) in [6.45, 7) is 9.02. The summed E-state index contributed by atoms with van der Waals surface area (Å²) in [7, 11) is 0. The van der Waals surface area contributed by atoms with E-state index in [2.05, 4.69) is 16.3 Å². The van der Waals surface area contributed by atoms with Gasteiger partial charge >= 0.3 is 6.09 Å². The minimum Gasteiger partial charge on any atom is -0.494 e. The van der Waals surface area contributed by atoms with Crippen LogP contribution >= 0.6 is 0 Å². The number of benzene rings is 2. The highest BCUT2D eigenvalue weighted by Crippen LogP contribution is 2.23. The average Bonchev–Trinajstić information content (AvgIpc) is 3.17. The van der Waals surface area contributed by atoms with Crippen molar-refractivity contribution in [2.75, 3.05) is 26.2 Å². The summed E-state index contributed by atoms with van der Waals surface area (Å²) < 4.78 is 11.2. The molecular formula is C25H31N3O3. The van der Waals surface area contributed by atoms with Gasteiger partial charge in [0.05, 0.1) is 18.2 Å². The number of carbonyl (C=O) groups excluding carboxylic acids is 1. The van der Waals surface area contributed by atoms with Crippen LogP contribution in [0.25, 0.3) is 11.1 Å². The molecule has 1 N–H and O–H groups in total. The summed E-state index contributed by atoms with van der Waals surface area (Å²) in [4.78, 5) is 14.2. The molecule has 1 atom stereocenters. The first kappa shape index (κ1) is 22.6. The summed E-state index contributed by atoms with van der Waals surface area (Å²) >= 11 is 0. The third kappa shape index (κ3) is 7.30. The number of carbonyl (C=O) groups is 1. The zero-order valence-electron chi connectivity index (χ0n) is 18.6. The van der Waals surface area contributed by atoms with Crippen molar-refractivity contribution in [3.63, 3.8) is 0 Å². The van der Waals surface area contributed by atoms with Crippen molar-refractivity contribution in [1.29, 1.82) is 5.26 Å². The zero-order valence-corrected chi connectivity index (χ0v) is 18.6. The van der Waals surface area contributed by atoms with Crippen LogP contribution in [0.15, 0.2) is 48.5 Å². The molecule has 0 aliphatic carbocycles. The van der Waals surface area contributed by atoms with Crippen molar-refractivity contribution in [1.82, 2.24) is 10.2 Å². The first-order valence-electron chi connectivity index (χ1n) is 10.8. The van der Waals surface area contributed by atoms with Crippen LogP contribution in [0, 0.1) is 11.3 Å². The van der Waals surface area contributed by atoms with Crippen molar-refractivity contribution in [3.8, 4) is 22.9 Å². The predicted octanol–water partition coefficient (Wildman–Crippen LogP) is 4.59. The lowest BCUT2D eigenvalue weighted by Crippen LogP contribution is -2.40. The Morgan fingerprint density at radius 1 is 1.13 bits per heavy atom. The van der Waals surface area contributed by atoms with Gasteiger partial charge in [0.25, 0.3) is 0 Å². The Morgan fingerprint density at radius 3 is 2.39 bits per heavy atom. The Kier molecular flexibility index (Phi) is 7.54. The quantitative estimate of drug-likeness (QED) is 0.662. The molecule has 1 unspecified atom stereocenters. The van der Waals surface area contributed by atoms with E-state index in [9.17, 15) is 4.79 Å². The fourth-order valence-electron chi connectivity index (χ4n) is 3.59. The molecule has 0 radical (unpaired) electrons. The van der Waals surface area contributed by atoms with E-state index in [1.54, 1.807) is 0 Å². The van der Waals surface area contributed by atoms with Crippen molar-refractivity contribution in [3.05, 3.63) is 54.1 Å². The summed E-state index contributed by atoms with van der Waals surface area (Å²) in [5, 5.41) is 11.9. The molecule has 0 saturated carbocycles. The van der Waals surface area contributed by atoms with E-state index in [1.807, 2.05) is 69.3 Å². The van der Waals surface area contributed by atoms with Crippen LogP contribution in [-0.2, 0) is 4.74 Å². The molecule has 0 spiro atoms. The number of nitrogens with zero attached hydrogens (tertiary/aromatic N) is 2. The molecule has 1 fully saturated rings. The molecule has 3 rings (SSSR count). The third-order valence-electron chi connectivity index (χ3n) is 5.08. The minimum atomic E-state index is -0.472. The molecule has 31 heavy (non-hydrogen) atoms. The molecular weight excluding hydrogens is 390 g/mol. The Morgan fingerprint density at radius 2 is 1.77 bits per heavy atom. The Balaban J connectivity index is 1.35. The number of nitriles is 1. The Labute approximate surface area is 184 Å². The summed E-state index contributed by atoms with van der Waals surface area (Å²) in [6, 6.07) is 17.9. The highest BCUT2D eigenvalue weighted by molar-refractivity contribution is 5.68. The van der Waals surface area contributed by atoms with E-state index in [4.69, 9.17) is 14.7 Å². The number of rotatable bonds is 7. The largest absolute Gasteiger partial charge is 0.494 e. The van der Waals surface area contributed by atoms with Crippen molar-refractivity contribution in [2.24, 2.45) is 0 Å². The lowest BCUT2D eigenvalue weighted by Gasteiger charge is -2.22. The van der Waals surface area contributed by atoms with Gasteiger partial charge in [-0.05, 0) is 69.0 Å². The van der Waals surface area contributed by atoms with E-state index in [0.29, 0.717) is 12.2 Å². The van der Waals surface area contributed by atoms with Gasteiger partial charge in [0.1, 0.15) is 11.4 Å². The number of amides is 1. The van der Waals surface area contributed by atoms with Crippen molar-refractivity contribution < 1.29 is 14.3 Å². The van der Waals surface area contributed by atoms with E-state index in [0.717, 1.165) is 49.4 Å². The molecule has 6 nitrogen and oxygen atoms in total. The van der Waals surface area contributed by atoms with Gasteiger partial charge in [-0.3, -0.25) is 0 Å². The molecule has 1 aliphatic heterocycles. The lowest BCUT2D eigenvalue weighted by molar-refractivity contribution is 0.0505. The van der Waals surface area contributed by atoms with Gasteiger partial charge in [-0.1, -0.05) is 24.3 Å². The SMILES string of the molecule is CC(C)(C)OC(=O)NC1CCN(CCCOc2ccc(-c3ccc(C#N)cc3)cc2)C1. The van der Waals surface area contributed by atoms with Crippen molar-refractivity contribution >= 4 is 6.09 Å². The zero-order chi connectivity index (χ0) is 22.3. The molecule has 0 bridgehead atoms. The normalized spacial score (nSPS) is 16.5. The first-order chi connectivity index (χ1) is 14.8. The average molecular weight is 422 g/mol. The lowest BCUT2D eigenvalue weighted by atomic mass is 10.0. The van der Waals surface area contributed by atoms with Gasteiger partial charge < -0.3 is 19.7 Å². The number of alkyl carbamates (subject to hydrolysis) is 1. The highest BCUT2D eigenvalue weighted by atomic mass is 16.6. The second kappa shape index (κ2) is 10.3. The molecule has 1 saturated heterocycles. The third-order valence-corrected chi connectivity index (χ3v) is 5.08. The van der Waals surface area contributed by atoms with E-state index in [1.165, 1.54) is 0 Å². The fourth-order valence-corrected chi connectivity index (χ4v) is 3.59. The van der Waals surface area contributed by atoms with Crippen LogP contribution in [-0.4, -0.2) is 48.9 Å². The van der Waals surface area contributed by atoms with Gasteiger partial charge in [0, 0.05) is 25.7 Å². The standard InChI is InChI=1S/C25H31N3O3/c1-25(2,3)31-24(29)27-22-13-15-28(18-22)14-4-16-30-23-11-9-21(10-12-23)20-7-5-19(17-26)6-8-20/h5-12,22H,4,13-16,18H2,1-3H3,(H,27,29). The van der Waals surface area contributed by atoms with Crippen LogP contribution in [0.5, 0.6) is 5.75 Å². The Hall–Kier alpha value is -3.04. The van der Waals surface area contributed by atoms with Gasteiger partial charge in [0.2, 0.25) is 0 Å². The first-order valence-corrected chi connectivity index (χ1v) is 10.8. The summed E-state index contributed by atoms with van der Waals surface area (Å²) in [6.07, 6.45) is 1.53. The van der Waals surface area contributed by atoms with E-state index in [-0.39, 0.29) is 12.1 Å². The molecule has 0 aromatic heterocycles. The second-order valence-corrected chi connectivity index (χ2v) is 8.85. The van der Waals surface area contributed by atoms with Gasteiger partial charge in [-0.15, -0.1) is 0 Å². The number of likely N-dealkylation sites (tertiary alicyclic amines) is 1. The number of nitrogens with one attached hydrogen (secondary N) is 1. The number of hydrogen-bond acceptors (Lipinski definition) is 5. The predicted molar refractivity (Wildman–Crippen MR) is 121 cm³/mol. The number of hydrogen-bond donors (Lipinski definition) is 1. The van der Waals surface area contributed by atoms with Crippen LogP contribution in [0.4, 0.5) is 4.79 Å². The van der Waals surface area contributed by atoms with Crippen LogP contribution in [0.2, 0.25) is 0 Å². The van der Waals surface area contributed by atoms with Gasteiger partial charge in [-0.25, -0.2) is 4.79 Å². The van der Waals surface area contributed by atoms with Gasteiger partial charge in [-0.2, -0.15) is 5.26 Å². The topological polar surface area (TPSA) is 74.6 Å². The fraction of sp³-hybridized carbons (Fsp3) is 0.440. The maximum atomic E-state index is 11.9. The van der Waals surface area contributed by atoms with E-state index < -0.39 is 5.60 Å². The molecule has 1 aliphatic rings. The maximum absolute atomic E-state index is 11.9. The molecule has 2 aromatic carbocycles. The molecule has 1 heterocycles. The monoisotopic (exact) mass is 421 g/mol. The van der Waals surface area contributed by atoms with E-state index >= 15 is 0 Å². The molecule has 1 amide bonds. The summed E-state index contributed by atoms with van der Waals surface area (Å²) in [5.41, 5.74) is 2.36. The van der Waals surface area contributed by atoms with Crippen LogP contribution in [0.1, 0.15) is 39.2 Å². The molecule has 6 heteroatoms. The van der Waals surface area contributed by atoms with Crippen LogP contribution < -0.4 is 10.1 Å². The molecule has 164 valence electrons. The maximum Gasteiger partial charge on any atom is 0.407 e. The minimum absolute atomic E-state index is 0.144. The Bertz CT molecular complexity index is 896.